The van der Waals surface area contributed by atoms with E-state index in [2.05, 4.69) is 34.7 Å². The van der Waals surface area contributed by atoms with Gasteiger partial charge in [-0.3, -0.25) is 0 Å². The summed E-state index contributed by atoms with van der Waals surface area (Å²) >= 11 is 0. The molecule has 1 aliphatic rings. The molecule has 1 fully saturated rings. The van der Waals surface area contributed by atoms with Gasteiger partial charge in [0, 0.05) is 0 Å². The van der Waals surface area contributed by atoms with Gasteiger partial charge in [-0.15, -0.1) is 5.10 Å². The van der Waals surface area contributed by atoms with Gasteiger partial charge in [0.05, 0.1) is 20.7 Å². The van der Waals surface area contributed by atoms with Crippen LogP contribution in [0.5, 0.6) is 5.75 Å². The van der Waals surface area contributed by atoms with Crippen molar-refractivity contribution in [2.24, 2.45) is 0 Å². The summed E-state index contributed by atoms with van der Waals surface area (Å²) < 4.78 is 7.09. The Morgan fingerprint density at radius 3 is 2.55 bits per heavy atom. The lowest BCUT2D eigenvalue weighted by Gasteiger charge is -2.26. The lowest BCUT2D eigenvalue weighted by Crippen LogP contribution is -3.26. The van der Waals surface area contributed by atoms with Gasteiger partial charge < -0.3 is 14.5 Å². The summed E-state index contributed by atoms with van der Waals surface area (Å²) in [6.07, 6.45) is 0. The number of piperazine rings is 1. The van der Waals surface area contributed by atoms with Crippen molar-refractivity contribution in [1.29, 1.82) is 0 Å². The highest BCUT2D eigenvalue weighted by Gasteiger charge is 2.22. The molecule has 2 heterocycles. The minimum Gasteiger partial charge on any atom is -0.497 e. The molecule has 7 heteroatoms. The summed E-state index contributed by atoms with van der Waals surface area (Å²) in [6.45, 7) is 6.40. The lowest BCUT2D eigenvalue weighted by atomic mass is 10.2. The van der Waals surface area contributed by atoms with Gasteiger partial charge >= 0.3 is 0 Å². The van der Waals surface area contributed by atoms with Crippen LogP contribution in [0.3, 0.4) is 0 Å². The Bertz CT molecular complexity index is 588. The number of hydrogen-bond donors (Lipinski definition) is 2. The van der Waals surface area contributed by atoms with E-state index in [4.69, 9.17) is 4.74 Å². The molecule has 0 spiro atoms. The quantitative estimate of drug-likeness (QED) is 0.649. The number of rotatable bonds is 5. The van der Waals surface area contributed by atoms with E-state index in [1.165, 1.54) is 31.7 Å². The van der Waals surface area contributed by atoms with E-state index in [0.29, 0.717) is 6.54 Å². The summed E-state index contributed by atoms with van der Waals surface area (Å²) in [6, 6.07) is 8.04. The SMILES string of the molecule is COc1ccc(Cn2nnnc2C[NH+]2CC[NH+](C)CC2)cc1. The van der Waals surface area contributed by atoms with Crippen LogP contribution < -0.4 is 14.5 Å². The predicted molar refractivity (Wildman–Crippen MR) is 80.9 cm³/mol. The molecule has 118 valence electrons. The number of nitrogens with zero attached hydrogens (tertiary/aromatic N) is 4. The van der Waals surface area contributed by atoms with E-state index in [-0.39, 0.29) is 0 Å². The first-order valence-electron chi connectivity index (χ1n) is 7.77. The third kappa shape index (κ3) is 3.61. The molecule has 0 bridgehead atoms. The van der Waals surface area contributed by atoms with Crippen molar-refractivity contribution in [3.63, 3.8) is 0 Å². The second-order valence-corrected chi connectivity index (χ2v) is 5.98. The standard InChI is InChI=1S/C15H22N6O/c1-19-7-9-20(10-8-19)12-15-16-17-18-21(15)11-13-3-5-14(22-2)6-4-13/h3-6H,7-12H2,1-2H3/p+2. The summed E-state index contributed by atoms with van der Waals surface area (Å²) in [5.41, 5.74) is 1.17. The van der Waals surface area contributed by atoms with Crippen LogP contribution in [0, 0.1) is 0 Å². The number of tetrazole rings is 1. The minimum atomic E-state index is 0.699. The smallest absolute Gasteiger partial charge is 0.206 e. The van der Waals surface area contributed by atoms with Crippen molar-refractivity contribution in [1.82, 2.24) is 20.2 Å². The normalized spacial score (nSPS) is 21.7. The first-order valence-corrected chi connectivity index (χ1v) is 7.77. The lowest BCUT2D eigenvalue weighted by molar-refractivity contribution is -1.01. The van der Waals surface area contributed by atoms with Crippen molar-refractivity contribution >= 4 is 0 Å². The second kappa shape index (κ2) is 6.85. The molecule has 7 nitrogen and oxygen atoms in total. The van der Waals surface area contributed by atoms with Crippen LogP contribution in [0.25, 0.3) is 0 Å². The van der Waals surface area contributed by atoms with Gasteiger partial charge in [0.2, 0.25) is 5.82 Å². The van der Waals surface area contributed by atoms with Gasteiger partial charge in [-0.25, -0.2) is 4.68 Å². The first-order chi connectivity index (χ1) is 10.7. The third-order valence-electron chi connectivity index (χ3n) is 4.32. The zero-order chi connectivity index (χ0) is 15.4. The van der Waals surface area contributed by atoms with Crippen LogP contribution in [-0.2, 0) is 13.1 Å². The molecule has 2 aromatic rings. The van der Waals surface area contributed by atoms with Crippen molar-refractivity contribution < 1.29 is 14.5 Å². The Kier molecular flexibility index (Phi) is 4.65. The molecule has 22 heavy (non-hydrogen) atoms. The fraction of sp³-hybridized carbons (Fsp3) is 0.533. The van der Waals surface area contributed by atoms with E-state index in [1.807, 2.05) is 16.8 Å². The highest BCUT2D eigenvalue weighted by Crippen LogP contribution is 2.12. The van der Waals surface area contributed by atoms with E-state index in [0.717, 1.165) is 18.1 Å². The monoisotopic (exact) mass is 304 g/mol. The Morgan fingerprint density at radius 1 is 1.14 bits per heavy atom. The maximum atomic E-state index is 5.18. The molecule has 1 aromatic heterocycles. The molecule has 1 saturated heterocycles. The van der Waals surface area contributed by atoms with E-state index < -0.39 is 0 Å². The Balaban J connectivity index is 1.63. The molecule has 0 unspecified atom stereocenters. The summed E-state index contributed by atoms with van der Waals surface area (Å²) in [5.74, 6) is 1.83. The highest BCUT2D eigenvalue weighted by molar-refractivity contribution is 5.27. The molecule has 2 N–H and O–H groups in total. The number of likely N-dealkylation sites (N-methyl/N-ethyl adjacent to an activating group) is 1. The van der Waals surface area contributed by atoms with Crippen molar-refractivity contribution in [3.05, 3.63) is 35.7 Å². The van der Waals surface area contributed by atoms with Gasteiger partial charge in [0.1, 0.15) is 38.5 Å². The number of aromatic nitrogens is 4. The van der Waals surface area contributed by atoms with Gasteiger partial charge in [-0.1, -0.05) is 12.1 Å². The summed E-state index contributed by atoms with van der Waals surface area (Å²) in [5, 5.41) is 12.2. The number of quaternary nitrogens is 2. The maximum Gasteiger partial charge on any atom is 0.206 e. The van der Waals surface area contributed by atoms with Crippen LogP contribution in [0.2, 0.25) is 0 Å². The van der Waals surface area contributed by atoms with Crippen LogP contribution in [0.15, 0.2) is 24.3 Å². The third-order valence-corrected chi connectivity index (χ3v) is 4.32. The average molecular weight is 304 g/mol. The number of methoxy groups -OCH3 is 1. The summed E-state index contributed by atoms with van der Waals surface area (Å²) in [4.78, 5) is 3.18. The van der Waals surface area contributed by atoms with Crippen molar-refractivity contribution in [3.8, 4) is 5.75 Å². The minimum absolute atomic E-state index is 0.699. The molecule has 3 rings (SSSR count). The number of nitrogens with one attached hydrogen (secondary N) is 2. The van der Waals surface area contributed by atoms with E-state index in [9.17, 15) is 0 Å². The van der Waals surface area contributed by atoms with Crippen molar-refractivity contribution in [2.45, 2.75) is 13.1 Å². The molecule has 1 aliphatic heterocycles. The number of ether oxygens (including phenoxy) is 1. The van der Waals surface area contributed by atoms with Crippen LogP contribution in [0.4, 0.5) is 0 Å². The Morgan fingerprint density at radius 2 is 1.86 bits per heavy atom. The molecule has 0 aliphatic carbocycles. The fourth-order valence-corrected chi connectivity index (χ4v) is 2.81. The molecule has 0 amide bonds. The van der Waals surface area contributed by atoms with Gasteiger partial charge in [0.15, 0.2) is 0 Å². The highest BCUT2D eigenvalue weighted by atomic mass is 16.5. The maximum absolute atomic E-state index is 5.18. The molecule has 0 saturated carbocycles. The largest absolute Gasteiger partial charge is 0.497 e. The molecular formula is C15H24N6O+2. The Labute approximate surface area is 130 Å². The molecule has 0 atom stereocenters. The zero-order valence-electron chi connectivity index (χ0n) is 13.2. The van der Waals surface area contributed by atoms with Crippen LogP contribution in [0.1, 0.15) is 11.4 Å². The molecular weight excluding hydrogens is 280 g/mol. The second-order valence-electron chi connectivity index (χ2n) is 5.98. The molecule has 1 aromatic carbocycles. The average Bonchev–Trinajstić information content (AvgIpc) is 2.97. The number of hydrogen-bond acceptors (Lipinski definition) is 4. The fourth-order valence-electron chi connectivity index (χ4n) is 2.81. The van der Waals surface area contributed by atoms with Gasteiger partial charge in [-0.05, 0) is 28.1 Å². The summed E-state index contributed by atoms with van der Waals surface area (Å²) in [7, 11) is 3.93. The van der Waals surface area contributed by atoms with Gasteiger partial charge in [0.25, 0.3) is 0 Å². The van der Waals surface area contributed by atoms with Crippen molar-refractivity contribution in [2.75, 3.05) is 40.3 Å². The first kappa shape index (κ1) is 14.9. The number of benzene rings is 1. The predicted octanol–water partition coefficient (Wildman–Crippen LogP) is -2.36. The topological polar surface area (TPSA) is 61.7 Å². The molecule has 0 radical (unpaired) electrons. The van der Waals surface area contributed by atoms with E-state index >= 15 is 0 Å². The Hall–Kier alpha value is -1.99. The van der Waals surface area contributed by atoms with Crippen LogP contribution >= 0.6 is 0 Å². The van der Waals surface area contributed by atoms with Gasteiger partial charge in [-0.2, -0.15) is 0 Å². The van der Waals surface area contributed by atoms with E-state index in [1.54, 1.807) is 16.9 Å². The van der Waals surface area contributed by atoms with Crippen LogP contribution in [-0.4, -0.2) is 60.5 Å². The zero-order valence-corrected chi connectivity index (χ0v) is 13.2.